The molecule has 5 aromatic carbocycles. The van der Waals surface area contributed by atoms with Gasteiger partial charge in [0.2, 0.25) is 0 Å². The van der Waals surface area contributed by atoms with Gasteiger partial charge >= 0.3 is 106 Å². The van der Waals surface area contributed by atoms with Crippen LogP contribution in [-0.4, -0.2) is 23.2 Å². The van der Waals surface area contributed by atoms with Crippen molar-refractivity contribution in [1.29, 1.82) is 0 Å². The molecule has 267 valence electrons. The molecule has 0 aliphatic heterocycles. The van der Waals surface area contributed by atoms with Crippen molar-refractivity contribution in [3.05, 3.63) is 174 Å². The van der Waals surface area contributed by atoms with Crippen LogP contribution in [0, 0.1) is 19.1 Å². The van der Waals surface area contributed by atoms with Crippen molar-refractivity contribution in [1.82, 2.24) is 9.97 Å². The molecule has 0 amide bonds. The second-order valence-corrected chi connectivity index (χ2v) is 25.9. The number of fused-ring (bicyclic) bond motifs is 3. The van der Waals surface area contributed by atoms with E-state index >= 15 is 0 Å². The van der Waals surface area contributed by atoms with E-state index in [2.05, 4.69) is 113 Å². The van der Waals surface area contributed by atoms with Crippen LogP contribution in [-0.2, 0) is 26.5 Å². The number of benzene rings is 5. The van der Waals surface area contributed by atoms with Crippen molar-refractivity contribution in [2.75, 3.05) is 0 Å². The molecular formula is C48H44GeIrN2S-2. The van der Waals surface area contributed by atoms with E-state index in [0.29, 0.717) is 16.8 Å². The minimum Gasteiger partial charge on any atom is -0.305 e. The summed E-state index contributed by atoms with van der Waals surface area (Å²) in [6, 6.07) is 48.6. The van der Waals surface area contributed by atoms with E-state index in [1.54, 1.807) is 35.7 Å². The van der Waals surface area contributed by atoms with Crippen LogP contribution in [0.5, 0.6) is 0 Å². The largest absolute Gasteiger partial charge is 0.305 e. The number of hydrogen-bond acceptors (Lipinski definition) is 3. The van der Waals surface area contributed by atoms with Gasteiger partial charge in [-0.1, -0.05) is 92.0 Å². The maximum absolute atomic E-state index is 8.93. The Labute approximate surface area is 339 Å². The van der Waals surface area contributed by atoms with Gasteiger partial charge in [0, 0.05) is 35.1 Å². The molecule has 3 aromatic heterocycles. The van der Waals surface area contributed by atoms with Gasteiger partial charge in [-0.15, -0.1) is 23.8 Å². The van der Waals surface area contributed by atoms with Gasteiger partial charge < -0.3 is 4.98 Å². The van der Waals surface area contributed by atoms with Gasteiger partial charge in [0.15, 0.2) is 0 Å². The minimum atomic E-state index is -1.77. The molecule has 0 fully saturated rings. The van der Waals surface area contributed by atoms with Crippen LogP contribution in [0.2, 0.25) is 17.3 Å². The zero-order chi connectivity index (χ0) is 39.0. The Bertz CT molecular complexity index is 2600. The third-order valence-electron chi connectivity index (χ3n) is 9.21. The van der Waals surface area contributed by atoms with Crippen LogP contribution in [0.25, 0.3) is 53.8 Å². The zero-order valence-electron chi connectivity index (χ0n) is 33.9. The Kier molecular flexibility index (Phi) is 11.0. The summed E-state index contributed by atoms with van der Waals surface area (Å²) < 4.78 is 29.9. The van der Waals surface area contributed by atoms with Gasteiger partial charge in [-0.25, -0.2) is 0 Å². The van der Waals surface area contributed by atoms with E-state index in [1.807, 2.05) is 62.4 Å². The summed E-state index contributed by atoms with van der Waals surface area (Å²) in [6.07, 6.45) is 2.05. The van der Waals surface area contributed by atoms with E-state index in [1.165, 1.54) is 31.2 Å². The van der Waals surface area contributed by atoms with E-state index < -0.39 is 25.5 Å². The van der Waals surface area contributed by atoms with Gasteiger partial charge in [-0.2, -0.15) is 11.3 Å². The SMILES string of the molecule is Cc1cc(-c2[c-]cccc2)nc[c]1[Ge]([CH3])([CH3])[CH3].[2H]C(C)(C)c1ccc(C([2H])([2H])c2ccnc(-c3[c-]ccc4c3sc3cc(-c5ccccc5)ccc34)c2)cc1.[Ir]. The van der Waals surface area contributed by atoms with Crippen molar-refractivity contribution in [2.24, 2.45) is 0 Å². The van der Waals surface area contributed by atoms with Crippen LogP contribution in [0.15, 0.2) is 140 Å². The molecule has 8 aromatic rings. The van der Waals surface area contributed by atoms with Gasteiger partial charge in [0.05, 0.1) is 0 Å². The Hall–Kier alpha value is -4.19. The quantitative estimate of drug-likeness (QED) is 0.118. The first-order valence-electron chi connectivity index (χ1n) is 19.1. The molecule has 0 aliphatic rings. The van der Waals surface area contributed by atoms with Crippen molar-refractivity contribution in [3.63, 3.8) is 0 Å². The smallest absolute Gasteiger partial charge is 0.0365 e. The van der Waals surface area contributed by atoms with Gasteiger partial charge in [-0.05, 0) is 68.0 Å². The predicted octanol–water partition coefficient (Wildman–Crippen LogP) is 12.7. The first kappa shape index (κ1) is 34.6. The molecule has 0 spiro atoms. The van der Waals surface area contributed by atoms with E-state index in [-0.39, 0.29) is 20.1 Å². The average Bonchev–Trinajstić information content (AvgIpc) is 3.56. The van der Waals surface area contributed by atoms with Gasteiger partial charge in [0.1, 0.15) is 0 Å². The molecule has 8 rings (SSSR count). The predicted molar refractivity (Wildman–Crippen MR) is 226 cm³/mol. The topological polar surface area (TPSA) is 25.8 Å². The second-order valence-electron chi connectivity index (χ2n) is 14.3. The number of aromatic nitrogens is 2. The number of rotatable bonds is 7. The number of hydrogen-bond donors (Lipinski definition) is 0. The fourth-order valence-electron chi connectivity index (χ4n) is 6.48. The second kappa shape index (κ2) is 16.9. The van der Waals surface area contributed by atoms with Crippen molar-refractivity contribution in [3.8, 4) is 33.6 Å². The third kappa shape index (κ3) is 8.96. The molecule has 0 saturated heterocycles. The third-order valence-corrected chi connectivity index (χ3v) is 14.9. The van der Waals surface area contributed by atoms with E-state index in [0.717, 1.165) is 32.5 Å². The van der Waals surface area contributed by atoms with E-state index in [4.69, 9.17) is 4.11 Å². The molecule has 0 saturated carbocycles. The fourth-order valence-corrected chi connectivity index (χ4v) is 11.3. The van der Waals surface area contributed by atoms with Crippen LogP contribution in [0.1, 0.15) is 46.1 Å². The molecule has 0 aliphatic carbocycles. The van der Waals surface area contributed by atoms with Crippen LogP contribution in [0.3, 0.4) is 0 Å². The Balaban J connectivity index is 0.000000248. The minimum absolute atomic E-state index is 0. The number of thiophene rings is 1. The maximum atomic E-state index is 8.93. The normalized spacial score (nSPS) is 12.6. The zero-order valence-corrected chi connectivity index (χ0v) is 36.2. The number of nitrogens with zero attached hydrogens (tertiary/aromatic N) is 2. The van der Waals surface area contributed by atoms with Crippen molar-refractivity contribution < 1.29 is 24.2 Å². The molecule has 0 atom stereocenters. The molecule has 0 bridgehead atoms. The van der Waals surface area contributed by atoms with Gasteiger partial charge in [-0.3, -0.25) is 0 Å². The summed E-state index contributed by atoms with van der Waals surface area (Å²) in [5.41, 5.74) is 9.39. The van der Waals surface area contributed by atoms with Crippen molar-refractivity contribution in [2.45, 2.75) is 50.3 Å². The molecule has 0 N–H and O–H groups in total. The molecule has 3 heterocycles. The Morgan fingerprint density at radius 1 is 0.736 bits per heavy atom. The molecular weight excluding hydrogens is 901 g/mol. The molecule has 5 heteroatoms. The summed E-state index contributed by atoms with van der Waals surface area (Å²) in [5.74, 6) is 6.48. The first-order chi connectivity index (χ1) is 26.2. The molecule has 2 nitrogen and oxygen atoms in total. The Morgan fingerprint density at radius 3 is 2.21 bits per heavy atom. The Morgan fingerprint density at radius 2 is 1.51 bits per heavy atom. The van der Waals surface area contributed by atoms with Crippen LogP contribution in [0.4, 0.5) is 0 Å². The molecule has 0 unspecified atom stereocenters. The van der Waals surface area contributed by atoms with Crippen molar-refractivity contribution >= 4 is 49.2 Å². The monoisotopic (exact) mass is 950 g/mol. The summed E-state index contributed by atoms with van der Waals surface area (Å²) in [5, 5.41) is 2.35. The average molecular weight is 949 g/mol. The summed E-state index contributed by atoms with van der Waals surface area (Å²) in [6.45, 7) is 5.86. The fraction of sp³-hybridized carbons (Fsp3) is 0.167. The van der Waals surface area contributed by atoms with Gasteiger partial charge in [0.25, 0.3) is 0 Å². The first-order valence-corrected chi connectivity index (χ1v) is 25.8. The number of aryl methyl sites for hydroxylation is 1. The summed E-state index contributed by atoms with van der Waals surface area (Å²) in [7, 11) is 0. The van der Waals surface area contributed by atoms with Crippen LogP contribution < -0.4 is 4.40 Å². The molecule has 1 radical (unpaired) electrons. The maximum Gasteiger partial charge on any atom is 0.0365 e. The summed E-state index contributed by atoms with van der Waals surface area (Å²) >= 11 is -0.0498. The van der Waals surface area contributed by atoms with Crippen LogP contribution >= 0.6 is 11.3 Å². The molecule has 53 heavy (non-hydrogen) atoms. The number of pyridine rings is 2. The summed E-state index contributed by atoms with van der Waals surface area (Å²) in [4.78, 5) is 9.22. The standard InChI is InChI=1S/C33H26NS.C15H18GeN.Ir/c1-22(2)25-13-11-23(12-14-25)19-24-17-18-34-31(20-24)30-10-6-9-29-28-16-15-27(21-32(28)35-33(29)30)26-7-4-3-5-8-26;1-12-10-15(13-8-6-5-7-9-13)17-11-14(12)16(2,3)4;/h3-9,11-18,20-22H,19H2,1-2H3;5-8,10-11H,1-4H3;/q2*-1;/i19D2,22D;;. The van der Waals surface area contributed by atoms with E-state index in [9.17, 15) is 0 Å².